The molecule has 0 spiro atoms. The molecule has 0 radical (unpaired) electrons. The van der Waals surface area contributed by atoms with Crippen molar-refractivity contribution >= 4 is 41.3 Å². The van der Waals surface area contributed by atoms with Gasteiger partial charge in [-0.25, -0.2) is 4.98 Å². The fourth-order valence-corrected chi connectivity index (χ4v) is 4.38. The molecule has 7 heteroatoms. The number of likely N-dealkylation sites (tertiary alicyclic amines) is 1. The molecule has 2 aromatic rings. The Hall–Kier alpha value is -1.19. The van der Waals surface area contributed by atoms with E-state index in [0.717, 1.165) is 32.0 Å². The lowest BCUT2D eigenvalue weighted by Gasteiger charge is -2.27. The van der Waals surface area contributed by atoms with Crippen LogP contribution in [0.15, 0.2) is 35.5 Å². The van der Waals surface area contributed by atoms with Gasteiger partial charge < -0.3 is 10.6 Å². The van der Waals surface area contributed by atoms with E-state index in [1.54, 1.807) is 11.3 Å². The molecule has 1 atom stereocenters. The maximum Gasteiger partial charge on any atom is 0.191 e. The largest absolute Gasteiger partial charge is 0.357 e. The van der Waals surface area contributed by atoms with E-state index in [0.29, 0.717) is 6.04 Å². The van der Waals surface area contributed by atoms with Crippen LogP contribution in [-0.4, -0.2) is 48.6 Å². The lowest BCUT2D eigenvalue weighted by molar-refractivity contribution is 0.251. The standard InChI is InChI=1S/C22H33N5S.HI/c1-4-23-22(24-12-11-21-25-15-18(3)28-21)26-16-20(27-13-5-6-14-27)19-9-7-17(2)8-10-19;/h7-10,15,20H,4-6,11-14,16H2,1-3H3,(H2,23,24,26);1H. The molecule has 5 nitrogen and oxygen atoms in total. The molecule has 2 heterocycles. The number of aliphatic imine (C=N–C) groups is 1. The van der Waals surface area contributed by atoms with Crippen LogP contribution in [0.25, 0.3) is 0 Å². The molecule has 1 fully saturated rings. The van der Waals surface area contributed by atoms with Gasteiger partial charge in [0, 0.05) is 30.6 Å². The molecule has 1 unspecified atom stereocenters. The minimum absolute atomic E-state index is 0. The van der Waals surface area contributed by atoms with Gasteiger partial charge in [0.2, 0.25) is 0 Å². The smallest absolute Gasteiger partial charge is 0.191 e. The van der Waals surface area contributed by atoms with E-state index in [9.17, 15) is 0 Å². The minimum atomic E-state index is 0. The van der Waals surface area contributed by atoms with Crippen LogP contribution in [-0.2, 0) is 6.42 Å². The van der Waals surface area contributed by atoms with Gasteiger partial charge in [-0.05, 0) is 52.3 Å². The number of aromatic nitrogens is 1. The molecular formula is C22H34IN5S. The SMILES string of the molecule is CCNC(=NCC(c1ccc(C)cc1)N1CCCC1)NCCc1ncc(C)s1.I. The van der Waals surface area contributed by atoms with E-state index in [1.165, 1.54) is 46.9 Å². The fourth-order valence-electron chi connectivity index (χ4n) is 3.60. The zero-order valence-corrected chi connectivity index (χ0v) is 20.9. The number of hydrogen-bond donors (Lipinski definition) is 2. The summed E-state index contributed by atoms with van der Waals surface area (Å²) in [5, 5.41) is 8.03. The second-order valence-electron chi connectivity index (χ2n) is 7.43. The topological polar surface area (TPSA) is 52.6 Å². The van der Waals surface area contributed by atoms with E-state index in [-0.39, 0.29) is 24.0 Å². The van der Waals surface area contributed by atoms with Crippen LogP contribution in [0, 0.1) is 13.8 Å². The molecular weight excluding hydrogens is 493 g/mol. The van der Waals surface area contributed by atoms with Crippen molar-refractivity contribution in [3.63, 3.8) is 0 Å². The van der Waals surface area contributed by atoms with Gasteiger partial charge in [-0.2, -0.15) is 0 Å². The molecule has 1 aromatic heterocycles. The molecule has 1 aliphatic heterocycles. The Bertz CT molecular complexity index is 753. The van der Waals surface area contributed by atoms with Crippen molar-refractivity contribution in [2.75, 3.05) is 32.7 Å². The highest BCUT2D eigenvalue weighted by atomic mass is 127. The molecule has 1 saturated heterocycles. The van der Waals surface area contributed by atoms with Crippen molar-refractivity contribution in [2.24, 2.45) is 4.99 Å². The summed E-state index contributed by atoms with van der Waals surface area (Å²) in [5.74, 6) is 0.895. The Labute approximate surface area is 196 Å². The van der Waals surface area contributed by atoms with Crippen LogP contribution in [0.2, 0.25) is 0 Å². The summed E-state index contributed by atoms with van der Waals surface area (Å²) in [7, 11) is 0. The van der Waals surface area contributed by atoms with Gasteiger partial charge in [0.05, 0.1) is 17.6 Å². The number of halogens is 1. The molecule has 29 heavy (non-hydrogen) atoms. The molecule has 2 N–H and O–H groups in total. The number of nitrogens with zero attached hydrogens (tertiary/aromatic N) is 3. The van der Waals surface area contributed by atoms with Gasteiger partial charge in [0.1, 0.15) is 0 Å². The first kappa shape index (κ1) is 24.1. The van der Waals surface area contributed by atoms with Crippen LogP contribution < -0.4 is 10.6 Å². The normalized spacial score (nSPS) is 15.8. The third-order valence-corrected chi connectivity index (χ3v) is 6.08. The predicted octanol–water partition coefficient (Wildman–Crippen LogP) is 4.31. The Kier molecular flexibility index (Phi) is 10.4. The van der Waals surface area contributed by atoms with Gasteiger partial charge in [-0.15, -0.1) is 35.3 Å². The van der Waals surface area contributed by atoms with E-state index >= 15 is 0 Å². The van der Waals surface area contributed by atoms with Gasteiger partial charge in [0.25, 0.3) is 0 Å². The highest BCUT2D eigenvalue weighted by molar-refractivity contribution is 14.0. The first-order valence-corrected chi connectivity index (χ1v) is 11.2. The molecule has 1 aliphatic rings. The molecule has 0 bridgehead atoms. The van der Waals surface area contributed by atoms with E-state index in [4.69, 9.17) is 4.99 Å². The lowest BCUT2D eigenvalue weighted by atomic mass is 10.0. The monoisotopic (exact) mass is 527 g/mol. The summed E-state index contributed by atoms with van der Waals surface area (Å²) >= 11 is 1.77. The number of thiazole rings is 1. The number of hydrogen-bond acceptors (Lipinski definition) is 4. The predicted molar refractivity (Wildman–Crippen MR) is 135 cm³/mol. The Morgan fingerprint density at radius 3 is 2.52 bits per heavy atom. The van der Waals surface area contributed by atoms with Crippen LogP contribution >= 0.6 is 35.3 Å². The van der Waals surface area contributed by atoms with Gasteiger partial charge in [-0.3, -0.25) is 9.89 Å². The highest BCUT2D eigenvalue weighted by Crippen LogP contribution is 2.25. The number of rotatable bonds is 8. The summed E-state index contributed by atoms with van der Waals surface area (Å²) in [5.41, 5.74) is 2.67. The lowest BCUT2D eigenvalue weighted by Crippen LogP contribution is -2.39. The third kappa shape index (κ3) is 7.53. The van der Waals surface area contributed by atoms with E-state index in [1.807, 2.05) is 6.20 Å². The Morgan fingerprint density at radius 1 is 1.17 bits per heavy atom. The van der Waals surface area contributed by atoms with Crippen molar-refractivity contribution < 1.29 is 0 Å². The number of aryl methyl sites for hydroxylation is 2. The zero-order valence-electron chi connectivity index (χ0n) is 17.8. The highest BCUT2D eigenvalue weighted by Gasteiger charge is 2.23. The Morgan fingerprint density at radius 2 is 1.90 bits per heavy atom. The maximum absolute atomic E-state index is 4.93. The van der Waals surface area contributed by atoms with Gasteiger partial charge >= 0.3 is 0 Å². The zero-order chi connectivity index (χ0) is 19.8. The van der Waals surface area contributed by atoms with E-state index in [2.05, 4.69) is 65.6 Å². The van der Waals surface area contributed by atoms with Crippen LogP contribution in [0.3, 0.4) is 0 Å². The molecule has 0 amide bonds. The van der Waals surface area contributed by atoms with Crippen molar-refractivity contribution in [3.05, 3.63) is 51.5 Å². The summed E-state index contributed by atoms with van der Waals surface area (Å²) in [6.45, 7) is 11.2. The average molecular weight is 528 g/mol. The number of nitrogens with one attached hydrogen (secondary N) is 2. The van der Waals surface area contributed by atoms with Gasteiger partial charge in [-0.1, -0.05) is 29.8 Å². The van der Waals surface area contributed by atoms with Crippen LogP contribution in [0.5, 0.6) is 0 Å². The molecule has 0 saturated carbocycles. The van der Waals surface area contributed by atoms with Crippen LogP contribution in [0.4, 0.5) is 0 Å². The summed E-state index contributed by atoms with van der Waals surface area (Å²) in [6, 6.07) is 9.29. The molecule has 0 aliphatic carbocycles. The Balaban J connectivity index is 0.00000300. The second-order valence-corrected chi connectivity index (χ2v) is 8.75. The fraction of sp³-hybridized carbons (Fsp3) is 0.545. The number of guanidine groups is 1. The molecule has 1 aromatic carbocycles. The van der Waals surface area contributed by atoms with Gasteiger partial charge in [0.15, 0.2) is 5.96 Å². The quantitative estimate of drug-likeness (QED) is 0.305. The number of benzene rings is 1. The summed E-state index contributed by atoms with van der Waals surface area (Å²) < 4.78 is 0. The average Bonchev–Trinajstić information content (AvgIpc) is 3.35. The molecule has 3 rings (SSSR count). The van der Waals surface area contributed by atoms with E-state index < -0.39 is 0 Å². The minimum Gasteiger partial charge on any atom is -0.357 e. The summed E-state index contributed by atoms with van der Waals surface area (Å²) in [4.78, 5) is 13.2. The van der Waals surface area contributed by atoms with Crippen molar-refractivity contribution in [1.29, 1.82) is 0 Å². The van der Waals surface area contributed by atoms with Crippen LogP contribution in [0.1, 0.15) is 46.8 Å². The van der Waals surface area contributed by atoms with Crippen molar-refractivity contribution in [1.82, 2.24) is 20.5 Å². The first-order valence-electron chi connectivity index (χ1n) is 10.4. The van der Waals surface area contributed by atoms with Crippen molar-refractivity contribution in [2.45, 2.75) is 46.1 Å². The maximum atomic E-state index is 4.93. The third-order valence-electron chi connectivity index (χ3n) is 5.11. The second kappa shape index (κ2) is 12.5. The van der Waals surface area contributed by atoms with Crippen molar-refractivity contribution in [3.8, 4) is 0 Å². The molecule has 160 valence electrons. The first-order chi connectivity index (χ1) is 13.7. The summed E-state index contributed by atoms with van der Waals surface area (Å²) in [6.07, 6.45) is 5.45.